The fraction of sp³-hybridized carbons (Fsp3) is 0.900. The molecular formula is C10H18O2S. The van der Waals surface area contributed by atoms with Crippen molar-refractivity contribution >= 4 is 17.7 Å². The van der Waals surface area contributed by atoms with Crippen molar-refractivity contribution in [2.24, 2.45) is 11.8 Å². The lowest BCUT2D eigenvalue weighted by Gasteiger charge is -2.19. The summed E-state index contributed by atoms with van der Waals surface area (Å²) in [5, 5.41) is 9.28. The van der Waals surface area contributed by atoms with Gasteiger partial charge in [-0.25, -0.2) is 0 Å². The number of rotatable bonds is 5. The van der Waals surface area contributed by atoms with Gasteiger partial charge in [0.2, 0.25) is 0 Å². The van der Waals surface area contributed by atoms with Gasteiger partial charge in [-0.05, 0) is 24.7 Å². The Morgan fingerprint density at radius 1 is 1.38 bits per heavy atom. The van der Waals surface area contributed by atoms with Crippen molar-refractivity contribution in [3.05, 3.63) is 0 Å². The zero-order valence-electron chi connectivity index (χ0n) is 8.49. The van der Waals surface area contributed by atoms with E-state index in [2.05, 4.69) is 20.8 Å². The molecule has 1 rings (SSSR count). The Balaban J connectivity index is 2.42. The third kappa shape index (κ3) is 3.22. The van der Waals surface area contributed by atoms with Crippen LogP contribution >= 0.6 is 11.8 Å². The molecule has 0 amide bonds. The third-order valence-corrected chi connectivity index (χ3v) is 4.45. The maximum Gasteiger partial charge on any atom is 0.316 e. The second kappa shape index (κ2) is 4.36. The minimum absolute atomic E-state index is 0.155. The van der Waals surface area contributed by atoms with Crippen molar-refractivity contribution in [2.75, 3.05) is 0 Å². The van der Waals surface area contributed by atoms with Crippen molar-refractivity contribution < 1.29 is 9.90 Å². The maximum atomic E-state index is 10.9. The summed E-state index contributed by atoms with van der Waals surface area (Å²) in [6.07, 6.45) is 2.21. The first kappa shape index (κ1) is 10.9. The van der Waals surface area contributed by atoms with Crippen LogP contribution in [-0.4, -0.2) is 21.6 Å². The molecule has 1 fully saturated rings. The Kier molecular flexibility index (Phi) is 3.65. The van der Waals surface area contributed by atoms with E-state index < -0.39 is 5.97 Å². The lowest BCUT2D eigenvalue weighted by atomic mass is 10.2. The molecule has 0 aromatic rings. The van der Waals surface area contributed by atoms with Crippen LogP contribution in [0.2, 0.25) is 0 Å². The number of hydrogen-bond donors (Lipinski definition) is 1. The largest absolute Gasteiger partial charge is 0.480 e. The Hall–Kier alpha value is -0.180. The SMILES string of the molecule is CC(C)C(C)SC(C(=O)O)C1CC1. The Labute approximate surface area is 84.1 Å². The van der Waals surface area contributed by atoms with E-state index in [9.17, 15) is 4.79 Å². The standard InChI is InChI=1S/C10H18O2S/c1-6(2)7(3)13-9(10(11)12)8-4-5-8/h6-9H,4-5H2,1-3H3,(H,11,12). The molecule has 0 spiro atoms. The molecule has 1 aliphatic rings. The van der Waals surface area contributed by atoms with E-state index in [4.69, 9.17) is 5.11 Å². The second-order valence-electron chi connectivity index (χ2n) is 4.18. The van der Waals surface area contributed by atoms with Gasteiger partial charge >= 0.3 is 5.97 Å². The molecule has 2 unspecified atom stereocenters. The average Bonchev–Trinajstić information content (AvgIpc) is 2.81. The molecule has 76 valence electrons. The summed E-state index contributed by atoms with van der Waals surface area (Å²) in [4.78, 5) is 10.9. The van der Waals surface area contributed by atoms with E-state index in [1.165, 1.54) is 0 Å². The first-order valence-electron chi connectivity index (χ1n) is 4.90. The highest BCUT2D eigenvalue weighted by Crippen LogP contribution is 2.41. The van der Waals surface area contributed by atoms with E-state index in [0.717, 1.165) is 12.8 Å². The molecule has 2 atom stereocenters. The van der Waals surface area contributed by atoms with Crippen LogP contribution in [0.3, 0.4) is 0 Å². The molecular weight excluding hydrogens is 184 g/mol. The van der Waals surface area contributed by atoms with Gasteiger partial charge in [0.1, 0.15) is 5.25 Å². The molecule has 1 N–H and O–H groups in total. The molecule has 1 saturated carbocycles. The predicted octanol–water partition coefficient (Wildman–Crippen LogP) is 2.63. The fourth-order valence-electron chi connectivity index (χ4n) is 1.16. The molecule has 0 aliphatic heterocycles. The van der Waals surface area contributed by atoms with Crippen molar-refractivity contribution in [1.29, 1.82) is 0 Å². The summed E-state index contributed by atoms with van der Waals surface area (Å²) in [6, 6.07) is 0. The molecule has 0 heterocycles. The molecule has 3 heteroatoms. The van der Waals surface area contributed by atoms with Crippen LogP contribution in [0.25, 0.3) is 0 Å². The van der Waals surface area contributed by atoms with Gasteiger partial charge in [0.25, 0.3) is 0 Å². The Morgan fingerprint density at radius 3 is 2.23 bits per heavy atom. The van der Waals surface area contributed by atoms with Crippen molar-refractivity contribution in [1.82, 2.24) is 0 Å². The number of carboxylic acid groups (broad SMARTS) is 1. The van der Waals surface area contributed by atoms with Crippen LogP contribution < -0.4 is 0 Å². The van der Waals surface area contributed by atoms with Crippen LogP contribution in [0.4, 0.5) is 0 Å². The molecule has 0 aromatic heterocycles. The number of carboxylic acids is 1. The summed E-state index contributed by atoms with van der Waals surface area (Å²) in [5.74, 6) is 0.384. The summed E-state index contributed by atoms with van der Waals surface area (Å²) >= 11 is 1.63. The first-order valence-corrected chi connectivity index (χ1v) is 5.85. The third-order valence-electron chi connectivity index (χ3n) is 2.59. The minimum atomic E-state index is -0.625. The number of aliphatic carboxylic acids is 1. The monoisotopic (exact) mass is 202 g/mol. The highest BCUT2D eigenvalue weighted by molar-refractivity contribution is 8.01. The van der Waals surface area contributed by atoms with E-state index in [1.54, 1.807) is 11.8 Å². The van der Waals surface area contributed by atoms with Gasteiger partial charge in [0.05, 0.1) is 0 Å². The topological polar surface area (TPSA) is 37.3 Å². The number of thioether (sulfide) groups is 1. The average molecular weight is 202 g/mol. The summed E-state index contributed by atoms with van der Waals surface area (Å²) in [6.45, 7) is 6.40. The van der Waals surface area contributed by atoms with E-state index in [1.807, 2.05) is 0 Å². The maximum absolute atomic E-state index is 10.9. The van der Waals surface area contributed by atoms with Crippen LogP contribution in [-0.2, 0) is 4.79 Å². The predicted molar refractivity (Wildman–Crippen MR) is 56.0 cm³/mol. The summed E-state index contributed by atoms with van der Waals surface area (Å²) < 4.78 is 0. The van der Waals surface area contributed by atoms with Crippen LogP contribution in [0.15, 0.2) is 0 Å². The minimum Gasteiger partial charge on any atom is -0.480 e. The normalized spacial score (nSPS) is 21.5. The van der Waals surface area contributed by atoms with Gasteiger partial charge in [0.15, 0.2) is 0 Å². The lowest BCUT2D eigenvalue weighted by Crippen LogP contribution is -2.23. The highest BCUT2D eigenvalue weighted by Gasteiger charge is 2.37. The Morgan fingerprint density at radius 2 is 1.92 bits per heavy atom. The van der Waals surface area contributed by atoms with Crippen LogP contribution in [0.1, 0.15) is 33.6 Å². The van der Waals surface area contributed by atoms with E-state index in [0.29, 0.717) is 17.1 Å². The first-order chi connectivity index (χ1) is 6.02. The lowest BCUT2D eigenvalue weighted by molar-refractivity contribution is -0.136. The van der Waals surface area contributed by atoms with Gasteiger partial charge < -0.3 is 5.11 Å². The quantitative estimate of drug-likeness (QED) is 0.744. The molecule has 0 radical (unpaired) electrons. The second-order valence-corrected chi connectivity index (χ2v) is 5.71. The molecule has 0 saturated heterocycles. The molecule has 0 bridgehead atoms. The number of carbonyl (C=O) groups is 1. The van der Waals surface area contributed by atoms with E-state index in [-0.39, 0.29) is 5.25 Å². The number of hydrogen-bond acceptors (Lipinski definition) is 2. The fourth-order valence-corrected chi connectivity index (χ4v) is 2.55. The van der Waals surface area contributed by atoms with Gasteiger partial charge in [-0.2, -0.15) is 0 Å². The van der Waals surface area contributed by atoms with Gasteiger partial charge in [-0.1, -0.05) is 20.8 Å². The highest BCUT2D eigenvalue weighted by atomic mass is 32.2. The van der Waals surface area contributed by atoms with Crippen LogP contribution in [0, 0.1) is 11.8 Å². The summed E-state index contributed by atoms with van der Waals surface area (Å²) in [5.41, 5.74) is 0. The molecule has 2 nitrogen and oxygen atoms in total. The van der Waals surface area contributed by atoms with Crippen molar-refractivity contribution in [2.45, 2.75) is 44.1 Å². The van der Waals surface area contributed by atoms with Crippen molar-refractivity contribution in [3.8, 4) is 0 Å². The van der Waals surface area contributed by atoms with Gasteiger partial charge in [0, 0.05) is 5.25 Å². The van der Waals surface area contributed by atoms with Gasteiger partial charge in [-0.15, -0.1) is 11.8 Å². The van der Waals surface area contributed by atoms with E-state index >= 15 is 0 Å². The zero-order chi connectivity index (χ0) is 10.0. The molecule has 0 aromatic carbocycles. The summed E-state index contributed by atoms with van der Waals surface area (Å²) in [7, 11) is 0. The van der Waals surface area contributed by atoms with Gasteiger partial charge in [-0.3, -0.25) is 4.79 Å². The molecule has 1 aliphatic carbocycles. The smallest absolute Gasteiger partial charge is 0.316 e. The molecule has 13 heavy (non-hydrogen) atoms. The zero-order valence-corrected chi connectivity index (χ0v) is 9.30. The Bertz CT molecular complexity index is 187. The van der Waals surface area contributed by atoms with Crippen LogP contribution in [0.5, 0.6) is 0 Å². The van der Waals surface area contributed by atoms with Crippen molar-refractivity contribution in [3.63, 3.8) is 0 Å².